The summed E-state index contributed by atoms with van der Waals surface area (Å²) in [4.78, 5) is 10.6. The standard InChI is InChI=1S/C15H28N4OS/c1-4-19(5-2)15-17-11-14(21-15)10-16-13(3)12-18-6-8-20-9-7-18/h11,13,16H,4-10,12H2,1-3H3. The predicted octanol–water partition coefficient (Wildman–Crippen LogP) is 1.80. The van der Waals surface area contributed by atoms with E-state index in [-0.39, 0.29) is 0 Å². The van der Waals surface area contributed by atoms with E-state index in [4.69, 9.17) is 4.74 Å². The molecule has 1 aliphatic rings. The Labute approximate surface area is 132 Å². The third-order valence-electron chi connectivity index (χ3n) is 3.84. The molecular formula is C15H28N4OS. The summed E-state index contributed by atoms with van der Waals surface area (Å²) < 4.78 is 5.38. The molecular weight excluding hydrogens is 284 g/mol. The van der Waals surface area contributed by atoms with E-state index >= 15 is 0 Å². The Hall–Kier alpha value is -0.690. The van der Waals surface area contributed by atoms with Crippen LogP contribution in [0.2, 0.25) is 0 Å². The maximum Gasteiger partial charge on any atom is 0.185 e. The molecule has 0 aliphatic carbocycles. The van der Waals surface area contributed by atoms with Crippen molar-refractivity contribution in [1.29, 1.82) is 0 Å². The van der Waals surface area contributed by atoms with Gasteiger partial charge in [-0.05, 0) is 20.8 Å². The lowest BCUT2D eigenvalue weighted by molar-refractivity contribution is 0.0343. The summed E-state index contributed by atoms with van der Waals surface area (Å²) >= 11 is 1.80. The van der Waals surface area contributed by atoms with E-state index in [1.807, 2.05) is 6.20 Å². The topological polar surface area (TPSA) is 40.6 Å². The molecule has 1 unspecified atom stereocenters. The first-order valence-corrected chi connectivity index (χ1v) is 8.77. The molecule has 1 saturated heterocycles. The Morgan fingerprint density at radius 3 is 2.76 bits per heavy atom. The zero-order chi connectivity index (χ0) is 15.1. The first-order chi connectivity index (χ1) is 10.2. The lowest BCUT2D eigenvalue weighted by Gasteiger charge is -2.29. The minimum absolute atomic E-state index is 0.488. The molecule has 120 valence electrons. The van der Waals surface area contributed by atoms with Crippen molar-refractivity contribution in [3.63, 3.8) is 0 Å². The van der Waals surface area contributed by atoms with Crippen LogP contribution in [0, 0.1) is 0 Å². The highest BCUT2D eigenvalue weighted by atomic mass is 32.1. The van der Waals surface area contributed by atoms with Crippen molar-refractivity contribution in [2.24, 2.45) is 0 Å². The van der Waals surface area contributed by atoms with Crippen molar-refractivity contribution >= 4 is 16.5 Å². The molecule has 0 aromatic carbocycles. The van der Waals surface area contributed by atoms with Gasteiger partial charge in [-0.25, -0.2) is 4.98 Å². The Morgan fingerprint density at radius 1 is 1.38 bits per heavy atom. The van der Waals surface area contributed by atoms with Crippen LogP contribution in [0.1, 0.15) is 25.6 Å². The highest BCUT2D eigenvalue weighted by molar-refractivity contribution is 7.15. The summed E-state index contributed by atoms with van der Waals surface area (Å²) in [6, 6.07) is 0.488. The van der Waals surface area contributed by atoms with Gasteiger partial charge in [0.05, 0.1) is 13.2 Å². The number of rotatable bonds is 8. The van der Waals surface area contributed by atoms with E-state index in [1.54, 1.807) is 11.3 Å². The van der Waals surface area contributed by atoms with Crippen LogP contribution in [0.3, 0.4) is 0 Å². The van der Waals surface area contributed by atoms with Gasteiger partial charge in [0.15, 0.2) is 5.13 Å². The smallest absolute Gasteiger partial charge is 0.185 e. The summed E-state index contributed by atoms with van der Waals surface area (Å²) in [5.74, 6) is 0. The number of aromatic nitrogens is 1. The molecule has 0 amide bonds. The molecule has 1 fully saturated rings. The van der Waals surface area contributed by atoms with Crippen molar-refractivity contribution in [3.8, 4) is 0 Å². The molecule has 1 aromatic rings. The number of anilines is 1. The second-order valence-corrected chi connectivity index (χ2v) is 6.57. The first-order valence-electron chi connectivity index (χ1n) is 7.96. The van der Waals surface area contributed by atoms with Gasteiger partial charge in [0.1, 0.15) is 0 Å². The third kappa shape index (κ3) is 5.21. The van der Waals surface area contributed by atoms with Gasteiger partial charge in [-0.1, -0.05) is 0 Å². The molecule has 6 heteroatoms. The quantitative estimate of drug-likeness (QED) is 0.793. The van der Waals surface area contributed by atoms with E-state index in [0.29, 0.717) is 6.04 Å². The molecule has 2 rings (SSSR count). The summed E-state index contributed by atoms with van der Waals surface area (Å²) in [6.07, 6.45) is 2.01. The summed E-state index contributed by atoms with van der Waals surface area (Å²) in [7, 11) is 0. The fraction of sp³-hybridized carbons (Fsp3) is 0.800. The maximum atomic E-state index is 5.38. The van der Waals surface area contributed by atoms with Crippen LogP contribution in [0.25, 0.3) is 0 Å². The second-order valence-electron chi connectivity index (χ2n) is 5.48. The fourth-order valence-corrected chi connectivity index (χ4v) is 3.52. The Balaban J connectivity index is 1.74. The molecule has 0 saturated carbocycles. The first kappa shape index (κ1) is 16.7. The average Bonchev–Trinajstić information content (AvgIpc) is 2.96. The Morgan fingerprint density at radius 2 is 2.10 bits per heavy atom. The number of morpholine rings is 1. The van der Waals surface area contributed by atoms with Crippen molar-refractivity contribution in [2.75, 3.05) is 50.8 Å². The van der Waals surface area contributed by atoms with Gasteiger partial charge in [0, 0.05) is 56.4 Å². The largest absolute Gasteiger partial charge is 0.379 e. The van der Waals surface area contributed by atoms with Crippen molar-refractivity contribution in [3.05, 3.63) is 11.1 Å². The normalized spacial score (nSPS) is 17.9. The molecule has 1 atom stereocenters. The number of hydrogen-bond acceptors (Lipinski definition) is 6. The van der Waals surface area contributed by atoms with Gasteiger partial charge in [-0.15, -0.1) is 11.3 Å². The molecule has 2 heterocycles. The van der Waals surface area contributed by atoms with Crippen molar-refractivity contribution in [2.45, 2.75) is 33.4 Å². The predicted molar refractivity (Wildman–Crippen MR) is 89.2 cm³/mol. The van der Waals surface area contributed by atoms with E-state index in [1.165, 1.54) is 4.88 Å². The van der Waals surface area contributed by atoms with Gasteiger partial charge in [-0.3, -0.25) is 4.90 Å². The Bertz CT molecular complexity index is 402. The van der Waals surface area contributed by atoms with E-state index in [0.717, 1.165) is 57.6 Å². The molecule has 1 aliphatic heterocycles. The molecule has 21 heavy (non-hydrogen) atoms. The minimum atomic E-state index is 0.488. The third-order valence-corrected chi connectivity index (χ3v) is 4.89. The van der Waals surface area contributed by atoms with Crippen LogP contribution in [0.15, 0.2) is 6.20 Å². The van der Waals surface area contributed by atoms with Gasteiger partial charge >= 0.3 is 0 Å². The maximum absolute atomic E-state index is 5.38. The van der Waals surface area contributed by atoms with Crippen molar-refractivity contribution < 1.29 is 4.74 Å². The zero-order valence-corrected chi connectivity index (χ0v) is 14.3. The zero-order valence-electron chi connectivity index (χ0n) is 13.5. The summed E-state index contributed by atoms with van der Waals surface area (Å²) in [6.45, 7) is 14.5. The van der Waals surface area contributed by atoms with Gasteiger partial charge in [0.2, 0.25) is 0 Å². The van der Waals surface area contributed by atoms with Crippen LogP contribution in [0.5, 0.6) is 0 Å². The molecule has 1 aromatic heterocycles. The highest BCUT2D eigenvalue weighted by Gasteiger charge is 2.14. The number of thiazole rings is 1. The molecule has 0 radical (unpaired) electrons. The van der Waals surface area contributed by atoms with Gasteiger partial charge < -0.3 is 15.0 Å². The van der Waals surface area contributed by atoms with E-state index in [2.05, 4.69) is 40.9 Å². The summed E-state index contributed by atoms with van der Waals surface area (Å²) in [5, 5.41) is 4.74. The number of nitrogens with one attached hydrogen (secondary N) is 1. The highest BCUT2D eigenvalue weighted by Crippen LogP contribution is 2.22. The van der Waals surface area contributed by atoms with Crippen LogP contribution in [-0.2, 0) is 11.3 Å². The summed E-state index contributed by atoms with van der Waals surface area (Å²) in [5.41, 5.74) is 0. The average molecular weight is 312 g/mol. The van der Waals surface area contributed by atoms with Gasteiger partial charge in [0.25, 0.3) is 0 Å². The monoisotopic (exact) mass is 312 g/mol. The van der Waals surface area contributed by atoms with Crippen LogP contribution >= 0.6 is 11.3 Å². The molecule has 1 N–H and O–H groups in total. The number of ether oxygens (including phenoxy) is 1. The number of nitrogens with zero attached hydrogens (tertiary/aromatic N) is 3. The molecule has 0 spiro atoms. The van der Waals surface area contributed by atoms with E-state index in [9.17, 15) is 0 Å². The van der Waals surface area contributed by atoms with E-state index < -0.39 is 0 Å². The number of hydrogen-bond donors (Lipinski definition) is 1. The SMILES string of the molecule is CCN(CC)c1ncc(CNC(C)CN2CCOCC2)s1. The fourth-order valence-electron chi connectivity index (χ4n) is 2.53. The Kier molecular flexibility index (Phi) is 6.89. The van der Waals surface area contributed by atoms with Crippen molar-refractivity contribution in [1.82, 2.24) is 15.2 Å². The van der Waals surface area contributed by atoms with Crippen LogP contribution in [0.4, 0.5) is 5.13 Å². The second kappa shape index (κ2) is 8.68. The minimum Gasteiger partial charge on any atom is -0.379 e. The molecule has 0 bridgehead atoms. The molecule has 5 nitrogen and oxygen atoms in total. The van der Waals surface area contributed by atoms with Crippen LogP contribution < -0.4 is 10.2 Å². The lowest BCUT2D eigenvalue weighted by Crippen LogP contribution is -2.44. The van der Waals surface area contributed by atoms with Crippen LogP contribution in [-0.4, -0.2) is 61.9 Å². The van der Waals surface area contributed by atoms with Gasteiger partial charge in [-0.2, -0.15) is 0 Å². The lowest BCUT2D eigenvalue weighted by atomic mass is 10.3.